The summed E-state index contributed by atoms with van der Waals surface area (Å²) in [5, 5.41) is 7.07. The summed E-state index contributed by atoms with van der Waals surface area (Å²) in [5.74, 6) is -0.0242. The molecule has 0 radical (unpaired) electrons. The molecule has 2 aromatic rings. The van der Waals surface area contributed by atoms with Crippen molar-refractivity contribution in [2.75, 3.05) is 0 Å². The third-order valence-electron chi connectivity index (χ3n) is 4.49. The molecule has 1 saturated carbocycles. The summed E-state index contributed by atoms with van der Waals surface area (Å²) >= 11 is 0. The van der Waals surface area contributed by atoms with Crippen LogP contribution in [0, 0.1) is 0 Å². The second-order valence-corrected chi connectivity index (χ2v) is 6.31. The normalized spacial score (nSPS) is 15.6. The third-order valence-corrected chi connectivity index (χ3v) is 4.49. The van der Waals surface area contributed by atoms with Gasteiger partial charge in [-0.15, -0.1) is 24.8 Å². The van der Waals surface area contributed by atoms with E-state index < -0.39 is 5.54 Å². The molecule has 1 aromatic carbocycles. The largest absolute Gasteiger partial charge is 0.350 e. The highest BCUT2D eigenvalue weighted by atomic mass is 35.5. The van der Waals surface area contributed by atoms with Gasteiger partial charge in [0.2, 0.25) is 5.91 Å². The Kier molecular flexibility index (Phi) is 8.35. The van der Waals surface area contributed by atoms with Gasteiger partial charge in [-0.25, -0.2) is 9.67 Å². The van der Waals surface area contributed by atoms with Gasteiger partial charge in [0.25, 0.3) is 0 Å². The molecular formula is C17H25Cl2N5O. The maximum Gasteiger partial charge on any atom is 0.240 e. The fraction of sp³-hybridized carbons (Fsp3) is 0.471. The van der Waals surface area contributed by atoms with Crippen molar-refractivity contribution in [3.05, 3.63) is 48.0 Å². The van der Waals surface area contributed by atoms with E-state index in [0.717, 1.165) is 36.8 Å². The first-order valence-electron chi connectivity index (χ1n) is 8.13. The molecule has 3 rings (SSSR count). The molecule has 0 atom stereocenters. The zero-order valence-electron chi connectivity index (χ0n) is 14.1. The topological polar surface area (TPSA) is 85.8 Å². The van der Waals surface area contributed by atoms with Gasteiger partial charge in [-0.3, -0.25) is 4.79 Å². The molecule has 8 heteroatoms. The molecule has 1 aliphatic carbocycles. The average molecular weight is 386 g/mol. The maximum absolute atomic E-state index is 12.3. The van der Waals surface area contributed by atoms with Crippen LogP contribution in [0.5, 0.6) is 0 Å². The Morgan fingerprint density at radius 1 is 1.12 bits per heavy atom. The van der Waals surface area contributed by atoms with E-state index in [2.05, 4.69) is 15.4 Å². The number of hydrogen-bond donors (Lipinski definition) is 2. The van der Waals surface area contributed by atoms with Gasteiger partial charge in [-0.2, -0.15) is 5.10 Å². The fourth-order valence-electron chi connectivity index (χ4n) is 3.03. The van der Waals surface area contributed by atoms with Crippen LogP contribution in [0.4, 0.5) is 0 Å². The van der Waals surface area contributed by atoms with E-state index in [1.165, 1.54) is 12.7 Å². The van der Waals surface area contributed by atoms with Crippen molar-refractivity contribution in [2.45, 2.75) is 50.7 Å². The molecule has 0 spiro atoms. The first kappa shape index (κ1) is 21.4. The van der Waals surface area contributed by atoms with Crippen LogP contribution in [-0.4, -0.2) is 26.2 Å². The molecule has 25 heavy (non-hydrogen) atoms. The highest BCUT2D eigenvalue weighted by molar-refractivity contribution is 5.86. The number of rotatable bonds is 5. The zero-order valence-corrected chi connectivity index (χ0v) is 15.7. The van der Waals surface area contributed by atoms with Crippen molar-refractivity contribution >= 4 is 30.7 Å². The Balaban J connectivity index is 0.00000156. The molecule has 1 aliphatic rings. The van der Waals surface area contributed by atoms with Gasteiger partial charge in [0.1, 0.15) is 12.7 Å². The van der Waals surface area contributed by atoms with E-state index in [1.54, 1.807) is 11.0 Å². The lowest BCUT2D eigenvalue weighted by Gasteiger charge is -2.31. The molecule has 0 unspecified atom stereocenters. The van der Waals surface area contributed by atoms with Crippen molar-refractivity contribution in [3.8, 4) is 0 Å². The molecular weight excluding hydrogens is 361 g/mol. The molecule has 1 fully saturated rings. The lowest BCUT2D eigenvalue weighted by atomic mass is 9.82. The minimum absolute atomic E-state index is 0. The Bertz CT molecular complexity index is 640. The number of nitrogens with two attached hydrogens (primary N) is 1. The van der Waals surface area contributed by atoms with Crippen LogP contribution in [0.2, 0.25) is 0 Å². The molecule has 0 saturated heterocycles. The van der Waals surface area contributed by atoms with Gasteiger partial charge < -0.3 is 11.1 Å². The van der Waals surface area contributed by atoms with E-state index in [1.807, 2.05) is 24.3 Å². The summed E-state index contributed by atoms with van der Waals surface area (Å²) in [6.07, 6.45) is 8.06. The van der Waals surface area contributed by atoms with Crippen LogP contribution in [0.3, 0.4) is 0 Å². The summed E-state index contributed by atoms with van der Waals surface area (Å²) in [7, 11) is 0. The number of halogens is 2. The number of aromatic nitrogens is 3. The van der Waals surface area contributed by atoms with Crippen LogP contribution >= 0.6 is 24.8 Å². The Labute approximate surface area is 160 Å². The third kappa shape index (κ3) is 5.70. The molecule has 138 valence electrons. The van der Waals surface area contributed by atoms with E-state index >= 15 is 0 Å². The summed E-state index contributed by atoms with van der Waals surface area (Å²) in [6.45, 7) is 1.21. The molecule has 0 aliphatic heterocycles. The van der Waals surface area contributed by atoms with Crippen molar-refractivity contribution < 1.29 is 4.79 Å². The Hall–Kier alpha value is -1.63. The molecule has 6 nitrogen and oxygen atoms in total. The highest BCUT2D eigenvalue weighted by Crippen LogP contribution is 2.26. The lowest BCUT2D eigenvalue weighted by Crippen LogP contribution is -2.54. The lowest BCUT2D eigenvalue weighted by molar-refractivity contribution is -0.127. The number of nitrogens with zero attached hydrogens (tertiary/aromatic N) is 3. The number of amides is 1. The van der Waals surface area contributed by atoms with Crippen molar-refractivity contribution in [1.29, 1.82) is 0 Å². The standard InChI is InChI=1S/C17H23N5O.2ClH/c18-17(8-2-1-3-9-17)16(23)20-10-14-4-6-15(7-5-14)11-22-13-19-12-21-22;;/h4-7,12-13H,1-3,8-11,18H2,(H,20,23);2*1H. The molecule has 1 aromatic heterocycles. The van der Waals surface area contributed by atoms with Crippen LogP contribution in [0.15, 0.2) is 36.9 Å². The first-order chi connectivity index (χ1) is 11.2. The molecule has 1 heterocycles. The minimum Gasteiger partial charge on any atom is -0.350 e. The van der Waals surface area contributed by atoms with Crippen LogP contribution in [0.25, 0.3) is 0 Å². The number of benzene rings is 1. The van der Waals surface area contributed by atoms with E-state index in [4.69, 9.17) is 5.73 Å². The van der Waals surface area contributed by atoms with E-state index in [-0.39, 0.29) is 30.7 Å². The molecule has 1 amide bonds. The number of carbonyl (C=O) groups excluding carboxylic acids is 1. The number of carbonyl (C=O) groups is 1. The molecule has 0 bridgehead atoms. The quantitative estimate of drug-likeness (QED) is 0.827. The zero-order chi connectivity index (χ0) is 16.1. The second-order valence-electron chi connectivity index (χ2n) is 6.31. The summed E-state index contributed by atoms with van der Waals surface area (Å²) in [6, 6.07) is 8.14. The SMILES string of the molecule is Cl.Cl.NC1(C(=O)NCc2ccc(Cn3cncn3)cc2)CCCCC1. The van der Waals surface area contributed by atoms with Gasteiger partial charge in [-0.1, -0.05) is 43.5 Å². The Morgan fingerprint density at radius 2 is 1.76 bits per heavy atom. The van der Waals surface area contributed by atoms with E-state index in [0.29, 0.717) is 13.1 Å². The van der Waals surface area contributed by atoms with Crippen LogP contribution in [0.1, 0.15) is 43.2 Å². The number of nitrogens with one attached hydrogen (secondary N) is 1. The van der Waals surface area contributed by atoms with Gasteiger partial charge >= 0.3 is 0 Å². The smallest absolute Gasteiger partial charge is 0.240 e. The van der Waals surface area contributed by atoms with Crippen molar-refractivity contribution in [2.24, 2.45) is 5.73 Å². The second kappa shape index (κ2) is 9.75. The summed E-state index contributed by atoms with van der Waals surface area (Å²) in [5.41, 5.74) is 7.78. The minimum atomic E-state index is -0.675. The highest BCUT2D eigenvalue weighted by Gasteiger charge is 2.34. The predicted molar refractivity (Wildman–Crippen MR) is 102 cm³/mol. The predicted octanol–water partition coefficient (Wildman–Crippen LogP) is 2.45. The van der Waals surface area contributed by atoms with Crippen molar-refractivity contribution in [1.82, 2.24) is 20.1 Å². The number of hydrogen-bond acceptors (Lipinski definition) is 4. The van der Waals surface area contributed by atoms with Crippen LogP contribution in [-0.2, 0) is 17.9 Å². The summed E-state index contributed by atoms with van der Waals surface area (Å²) in [4.78, 5) is 16.2. The van der Waals surface area contributed by atoms with Gasteiger partial charge in [0.05, 0.1) is 12.1 Å². The van der Waals surface area contributed by atoms with Crippen LogP contribution < -0.4 is 11.1 Å². The summed E-state index contributed by atoms with van der Waals surface area (Å²) < 4.78 is 1.78. The average Bonchev–Trinajstić information content (AvgIpc) is 3.07. The molecule has 3 N–H and O–H groups in total. The monoisotopic (exact) mass is 385 g/mol. The Morgan fingerprint density at radius 3 is 2.36 bits per heavy atom. The van der Waals surface area contributed by atoms with Gasteiger partial charge in [-0.05, 0) is 24.0 Å². The van der Waals surface area contributed by atoms with Crippen molar-refractivity contribution in [3.63, 3.8) is 0 Å². The fourth-order valence-corrected chi connectivity index (χ4v) is 3.03. The van der Waals surface area contributed by atoms with Gasteiger partial charge in [0, 0.05) is 6.54 Å². The van der Waals surface area contributed by atoms with E-state index in [9.17, 15) is 4.79 Å². The van der Waals surface area contributed by atoms with Gasteiger partial charge in [0.15, 0.2) is 0 Å². The first-order valence-corrected chi connectivity index (χ1v) is 8.13. The maximum atomic E-state index is 12.3.